The number of benzene rings is 2. The number of hydrogen-bond acceptors (Lipinski definition) is 8. The van der Waals surface area contributed by atoms with Crippen LogP contribution in [0.4, 0.5) is 11.4 Å². The highest BCUT2D eigenvalue weighted by Crippen LogP contribution is 2.52. The van der Waals surface area contributed by atoms with Crippen LogP contribution in [0.5, 0.6) is 0 Å². The van der Waals surface area contributed by atoms with Crippen LogP contribution in [0.25, 0.3) is 11.3 Å². The minimum Gasteiger partial charge on any atom is -0.378 e. The van der Waals surface area contributed by atoms with Gasteiger partial charge in [-0.1, -0.05) is 35.7 Å². The van der Waals surface area contributed by atoms with Crippen LogP contribution in [0.15, 0.2) is 85.2 Å². The Morgan fingerprint density at radius 1 is 1.03 bits per heavy atom. The van der Waals surface area contributed by atoms with E-state index in [1.54, 1.807) is 35.8 Å². The number of nitrogens with one attached hydrogen (secondary N) is 2. The van der Waals surface area contributed by atoms with Gasteiger partial charge < -0.3 is 19.9 Å². The second kappa shape index (κ2) is 10.2. The zero-order valence-electron chi connectivity index (χ0n) is 20.7. The fourth-order valence-corrected chi connectivity index (χ4v) is 6.99. The summed E-state index contributed by atoms with van der Waals surface area (Å²) in [5, 5.41) is 3.54. The third-order valence-corrected chi connectivity index (χ3v) is 9.03. The summed E-state index contributed by atoms with van der Waals surface area (Å²) in [7, 11) is 0. The number of pyridine rings is 1. The molecule has 2 aliphatic rings. The molecule has 0 saturated carbocycles. The van der Waals surface area contributed by atoms with Crippen molar-refractivity contribution in [3.63, 3.8) is 0 Å². The molecule has 6 rings (SSSR count). The van der Waals surface area contributed by atoms with Crippen LogP contribution in [-0.2, 0) is 4.74 Å². The lowest BCUT2D eigenvalue weighted by Gasteiger charge is -2.29. The molecule has 0 spiro atoms. The van der Waals surface area contributed by atoms with E-state index >= 15 is 0 Å². The number of morpholine rings is 1. The summed E-state index contributed by atoms with van der Waals surface area (Å²) in [4.78, 5) is 31.6. The zero-order chi connectivity index (χ0) is 25.4. The Hall–Kier alpha value is -3.27. The van der Waals surface area contributed by atoms with E-state index < -0.39 is 0 Å². The first kappa shape index (κ1) is 24.1. The summed E-state index contributed by atoms with van der Waals surface area (Å²) in [5.41, 5.74) is 4.73. The smallest absolute Gasteiger partial charge is 0.250 e. The van der Waals surface area contributed by atoms with E-state index in [0.717, 1.165) is 52.1 Å². The van der Waals surface area contributed by atoms with Crippen LogP contribution in [0.1, 0.15) is 24.5 Å². The number of aromatic amines is 1. The Labute approximate surface area is 224 Å². The van der Waals surface area contributed by atoms with E-state index in [2.05, 4.69) is 74.6 Å². The van der Waals surface area contributed by atoms with E-state index in [1.165, 1.54) is 14.7 Å². The molecular formula is C28H27N5O2S2. The molecule has 4 heterocycles. The first-order valence-electron chi connectivity index (χ1n) is 12.3. The second-order valence-electron chi connectivity index (χ2n) is 9.14. The van der Waals surface area contributed by atoms with E-state index in [4.69, 9.17) is 4.74 Å². The third-order valence-electron chi connectivity index (χ3n) is 6.43. The minimum atomic E-state index is -0.0899. The number of H-pyrrole nitrogens is 1. The molecule has 0 radical (unpaired) electrons. The lowest BCUT2D eigenvalue weighted by Crippen LogP contribution is -2.36. The summed E-state index contributed by atoms with van der Waals surface area (Å²) >= 11 is 3.50. The highest BCUT2D eigenvalue weighted by atomic mass is 32.2. The van der Waals surface area contributed by atoms with E-state index in [1.807, 2.05) is 13.0 Å². The molecule has 188 valence electrons. The van der Waals surface area contributed by atoms with Crippen LogP contribution >= 0.6 is 23.5 Å². The largest absolute Gasteiger partial charge is 0.378 e. The number of nitrogens with zero attached hydrogens (tertiary/aromatic N) is 3. The van der Waals surface area contributed by atoms with Crippen molar-refractivity contribution in [1.29, 1.82) is 0 Å². The molecule has 0 bridgehead atoms. The Morgan fingerprint density at radius 3 is 2.73 bits per heavy atom. The molecular weight excluding hydrogens is 502 g/mol. The van der Waals surface area contributed by atoms with Crippen molar-refractivity contribution >= 4 is 34.9 Å². The molecule has 2 aromatic heterocycles. The highest BCUT2D eigenvalue weighted by Gasteiger charge is 2.22. The van der Waals surface area contributed by atoms with Gasteiger partial charge in [0.25, 0.3) is 0 Å². The van der Waals surface area contributed by atoms with Gasteiger partial charge in [0.2, 0.25) is 5.56 Å². The van der Waals surface area contributed by atoms with Gasteiger partial charge in [-0.3, -0.25) is 4.79 Å². The maximum atomic E-state index is 12.6. The van der Waals surface area contributed by atoms with E-state index in [9.17, 15) is 4.79 Å². The van der Waals surface area contributed by atoms with Gasteiger partial charge in [-0.15, -0.1) is 0 Å². The first-order chi connectivity index (χ1) is 18.0. The van der Waals surface area contributed by atoms with E-state index in [-0.39, 0.29) is 11.6 Å². The van der Waals surface area contributed by atoms with Crippen LogP contribution < -0.4 is 15.8 Å². The van der Waals surface area contributed by atoms with E-state index in [0.29, 0.717) is 13.2 Å². The van der Waals surface area contributed by atoms with Crippen molar-refractivity contribution in [2.45, 2.75) is 39.5 Å². The van der Waals surface area contributed by atoms with Crippen molar-refractivity contribution in [2.75, 3.05) is 36.5 Å². The fraction of sp³-hybridized carbons (Fsp3) is 0.250. The average Bonchev–Trinajstić information content (AvgIpc) is 2.91. The van der Waals surface area contributed by atoms with Crippen molar-refractivity contribution in [3.8, 4) is 11.3 Å². The molecule has 2 N–H and O–H groups in total. The maximum absolute atomic E-state index is 12.6. The van der Waals surface area contributed by atoms with Gasteiger partial charge in [-0.05, 0) is 50.2 Å². The summed E-state index contributed by atoms with van der Waals surface area (Å²) < 4.78 is 5.49. The van der Waals surface area contributed by atoms with Gasteiger partial charge in [0.15, 0.2) is 0 Å². The predicted molar refractivity (Wildman–Crippen MR) is 149 cm³/mol. The average molecular weight is 530 g/mol. The highest BCUT2D eigenvalue weighted by molar-refractivity contribution is 8.05. The Morgan fingerprint density at radius 2 is 1.89 bits per heavy atom. The Balaban J connectivity index is 1.27. The predicted octanol–water partition coefficient (Wildman–Crippen LogP) is 5.77. The summed E-state index contributed by atoms with van der Waals surface area (Å²) in [6, 6.07) is 18.4. The van der Waals surface area contributed by atoms with Crippen molar-refractivity contribution < 1.29 is 4.74 Å². The zero-order valence-corrected chi connectivity index (χ0v) is 22.3. The molecule has 1 atom stereocenters. The number of aryl methyl sites for hydroxylation is 1. The molecule has 4 aromatic rings. The monoisotopic (exact) mass is 529 g/mol. The van der Waals surface area contributed by atoms with Gasteiger partial charge in [0.05, 0.1) is 24.9 Å². The molecule has 2 aliphatic heterocycles. The van der Waals surface area contributed by atoms with Gasteiger partial charge in [-0.2, -0.15) is 0 Å². The van der Waals surface area contributed by atoms with Gasteiger partial charge in [0.1, 0.15) is 5.82 Å². The molecule has 9 heteroatoms. The van der Waals surface area contributed by atoms with Gasteiger partial charge in [0, 0.05) is 67.6 Å². The SMILES string of the molecule is Cc1ccnc(C(C)Nc2ccc3c(c2)Sc2cccc(-c4cc(N5CCOCC5)cc(=O)[nH]4)c2S3)n1. The molecule has 1 saturated heterocycles. The first-order valence-corrected chi connectivity index (χ1v) is 13.9. The number of rotatable bonds is 5. The normalized spacial score (nSPS) is 15.6. The Bertz CT molecular complexity index is 1520. The Kier molecular flexibility index (Phi) is 6.67. The number of fused-ring (bicyclic) bond motifs is 2. The third kappa shape index (κ3) is 5.12. The summed E-state index contributed by atoms with van der Waals surface area (Å²) in [6.45, 7) is 6.99. The second-order valence-corrected chi connectivity index (χ2v) is 11.3. The van der Waals surface area contributed by atoms with Crippen LogP contribution in [-0.4, -0.2) is 41.3 Å². The van der Waals surface area contributed by atoms with Crippen molar-refractivity contribution in [1.82, 2.24) is 15.0 Å². The molecule has 37 heavy (non-hydrogen) atoms. The molecule has 1 fully saturated rings. The van der Waals surface area contributed by atoms with Crippen LogP contribution in [0, 0.1) is 6.92 Å². The number of ether oxygens (including phenoxy) is 1. The fourth-order valence-electron chi connectivity index (χ4n) is 4.57. The van der Waals surface area contributed by atoms with Crippen LogP contribution in [0.2, 0.25) is 0 Å². The number of aromatic nitrogens is 3. The summed E-state index contributed by atoms with van der Waals surface area (Å²) in [5.74, 6) is 0.781. The van der Waals surface area contributed by atoms with Gasteiger partial charge >= 0.3 is 0 Å². The molecule has 1 unspecified atom stereocenters. The lowest BCUT2D eigenvalue weighted by atomic mass is 10.1. The van der Waals surface area contributed by atoms with Gasteiger partial charge in [-0.25, -0.2) is 9.97 Å². The maximum Gasteiger partial charge on any atom is 0.250 e. The molecule has 2 aromatic carbocycles. The van der Waals surface area contributed by atoms with Crippen LogP contribution in [0.3, 0.4) is 0 Å². The van der Waals surface area contributed by atoms with Crippen molar-refractivity contribution in [2.24, 2.45) is 0 Å². The molecule has 0 amide bonds. The number of hydrogen-bond donors (Lipinski definition) is 2. The topological polar surface area (TPSA) is 83.1 Å². The quantitative estimate of drug-likeness (QED) is 0.297. The number of anilines is 2. The summed E-state index contributed by atoms with van der Waals surface area (Å²) in [6.07, 6.45) is 1.80. The standard InChI is InChI=1S/C28H27N5O2S2/c1-17-8-9-29-28(30-17)18(2)31-19-6-7-23-25(14-19)36-24-5-3-4-21(27(24)37-23)22-15-20(16-26(34)32-22)33-10-12-35-13-11-33/h3-9,14-16,18,31H,10-13H2,1-2H3,(H,32,34). The van der Waals surface area contributed by atoms with Crippen molar-refractivity contribution in [3.05, 3.63) is 82.7 Å². The lowest BCUT2D eigenvalue weighted by molar-refractivity contribution is 0.122. The minimum absolute atomic E-state index is 0.00588. The molecule has 0 aliphatic carbocycles. The molecule has 7 nitrogen and oxygen atoms in total.